The molecular formula is C15H17NO2. The van der Waals surface area contributed by atoms with E-state index in [1.54, 1.807) is 7.11 Å². The summed E-state index contributed by atoms with van der Waals surface area (Å²) in [5.74, 6) is 1.70. The summed E-state index contributed by atoms with van der Waals surface area (Å²) in [5, 5.41) is 3.07. The van der Waals surface area contributed by atoms with Crippen LogP contribution in [0.25, 0.3) is 0 Å². The van der Waals surface area contributed by atoms with Crippen molar-refractivity contribution in [3.05, 3.63) is 54.1 Å². The average Bonchev–Trinajstić information content (AvgIpc) is 2.46. The molecule has 3 nitrogen and oxygen atoms in total. The van der Waals surface area contributed by atoms with E-state index in [1.807, 2.05) is 55.6 Å². The summed E-state index contributed by atoms with van der Waals surface area (Å²) in [5.41, 5.74) is 2.11. The van der Waals surface area contributed by atoms with Crippen molar-refractivity contribution in [3.8, 4) is 11.5 Å². The Bertz CT molecular complexity index is 494. The lowest BCUT2D eigenvalue weighted by Crippen LogP contribution is -1.98. The van der Waals surface area contributed by atoms with Crippen LogP contribution in [0.1, 0.15) is 5.56 Å². The van der Waals surface area contributed by atoms with Gasteiger partial charge in [-0.3, -0.25) is 0 Å². The third-order valence-corrected chi connectivity index (χ3v) is 2.73. The van der Waals surface area contributed by atoms with Gasteiger partial charge < -0.3 is 14.8 Å². The first-order valence-corrected chi connectivity index (χ1v) is 5.86. The fourth-order valence-corrected chi connectivity index (χ4v) is 1.70. The van der Waals surface area contributed by atoms with Crippen molar-refractivity contribution in [2.45, 2.75) is 6.61 Å². The number of para-hydroxylation sites is 1. The van der Waals surface area contributed by atoms with Gasteiger partial charge in [-0.1, -0.05) is 18.2 Å². The predicted octanol–water partition coefficient (Wildman–Crippen LogP) is 3.32. The molecule has 0 unspecified atom stereocenters. The lowest BCUT2D eigenvalue weighted by Gasteiger charge is -2.10. The van der Waals surface area contributed by atoms with Crippen LogP contribution >= 0.6 is 0 Å². The van der Waals surface area contributed by atoms with Gasteiger partial charge in [-0.2, -0.15) is 0 Å². The van der Waals surface area contributed by atoms with Gasteiger partial charge in [0.2, 0.25) is 0 Å². The van der Waals surface area contributed by atoms with Gasteiger partial charge in [0.05, 0.1) is 7.11 Å². The molecule has 0 saturated carbocycles. The Hall–Kier alpha value is -2.16. The zero-order valence-corrected chi connectivity index (χ0v) is 10.6. The molecule has 94 valence electrons. The lowest BCUT2D eigenvalue weighted by atomic mass is 10.2. The highest BCUT2D eigenvalue weighted by Crippen LogP contribution is 2.21. The highest BCUT2D eigenvalue weighted by Gasteiger charge is 2.02. The molecule has 0 spiro atoms. The van der Waals surface area contributed by atoms with E-state index in [0.29, 0.717) is 6.61 Å². The maximum absolute atomic E-state index is 5.73. The molecule has 0 aliphatic heterocycles. The molecule has 0 heterocycles. The van der Waals surface area contributed by atoms with Gasteiger partial charge in [0, 0.05) is 18.3 Å². The molecule has 0 bridgehead atoms. The largest absolute Gasteiger partial charge is 0.496 e. The van der Waals surface area contributed by atoms with Gasteiger partial charge >= 0.3 is 0 Å². The Morgan fingerprint density at radius 2 is 1.72 bits per heavy atom. The van der Waals surface area contributed by atoms with Crippen molar-refractivity contribution in [1.29, 1.82) is 0 Å². The standard InChI is InChI=1S/C15H17NO2/c1-16-13-7-9-14(10-8-13)18-11-12-5-3-4-6-15(12)17-2/h3-10,16H,11H2,1-2H3. The molecule has 2 aromatic carbocycles. The van der Waals surface area contributed by atoms with E-state index in [9.17, 15) is 0 Å². The second-order valence-electron chi connectivity index (χ2n) is 3.87. The first kappa shape index (κ1) is 12.3. The quantitative estimate of drug-likeness (QED) is 0.873. The SMILES string of the molecule is CNc1ccc(OCc2ccccc2OC)cc1. The van der Waals surface area contributed by atoms with Gasteiger partial charge in [-0.05, 0) is 30.3 Å². The summed E-state index contributed by atoms with van der Waals surface area (Å²) in [7, 11) is 3.56. The lowest BCUT2D eigenvalue weighted by molar-refractivity contribution is 0.296. The van der Waals surface area contributed by atoms with E-state index >= 15 is 0 Å². The van der Waals surface area contributed by atoms with E-state index in [4.69, 9.17) is 9.47 Å². The van der Waals surface area contributed by atoms with Gasteiger partial charge in [0.25, 0.3) is 0 Å². The Labute approximate surface area is 107 Å². The third-order valence-electron chi connectivity index (χ3n) is 2.73. The summed E-state index contributed by atoms with van der Waals surface area (Å²) in [4.78, 5) is 0. The average molecular weight is 243 g/mol. The fourth-order valence-electron chi connectivity index (χ4n) is 1.70. The number of nitrogens with one attached hydrogen (secondary N) is 1. The van der Waals surface area contributed by atoms with Crippen LogP contribution in [-0.2, 0) is 6.61 Å². The van der Waals surface area contributed by atoms with Crippen LogP contribution in [0.5, 0.6) is 11.5 Å². The molecule has 0 fully saturated rings. The van der Waals surface area contributed by atoms with Crippen LogP contribution < -0.4 is 14.8 Å². The van der Waals surface area contributed by atoms with Crippen LogP contribution in [0.3, 0.4) is 0 Å². The van der Waals surface area contributed by atoms with Crippen molar-refractivity contribution < 1.29 is 9.47 Å². The maximum atomic E-state index is 5.73. The van der Waals surface area contributed by atoms with Gasteiger partial charge in [-0.15, -0.1) is 0 Å². The maximum Gasteiger partial charge on any atom is 0.125 e. The molecule has 0 aliphatic rings. The topological polar surface area (TPSA) is 30.5 Å². The number of benzene rings is 2. The Morgan fingerprint density at radius 1 is 1.00 bits per heavy atom. The molecule has 18 heavy (non-hydrogen) atoms. The van der Waals surface area contributed by atoms with Gasteiger partial charge in [-0.25, -0.2) is 0 Å². The van der Waals surface area contributed by atoms with Crippen molar-refractivity contribution in [2.24, 2.45) is 0 Å². The molecule has 0 amide bonds. The minimum absolute atomic E-state index is 0.503. The van der Waals surface area contributed by atoms with E-state index < -0.39 is 0 Å². The Balaban J connectivity index is 2.02. The molecule has 1 N–H and O–H groups in total. The molecule has 2 rings (SSSR count). The van der Waals surface area contributed by atoms with Crippen LogP contribution in [0.4, 0.5) is 5.69 Å². The molecule has 0 radical (unpaired) electrons. The monoisotopic (exact) mass is 243 g/mol. The predicted molar refractivity (Wildman–Crippen MR) is 73.3 cm³/mol. The number of ether oxygens (including phenoxy) is 2. The second kappa shape index (κ2) is 5.96. The number of rotatable bonds is 5. The third kappa shape index (κ3) is 2.94. The molecule has 0 aromatic heterocycles. The van der Waals surface area contributed by atoms with Gasteiger partial charge in [0.1, 0.15) is 18.1 Å². The summed E-state index contributed by atoms with van der Waals surface area (Å²) in [6, 6.07) is 15.7. The summed E-state index contributed by atoms with van der Waals surface area (Å²) in [6.45, 7) is 0.503. The van der Waals surface area contributed by atoms with Crippen molar-refractivity contribution in [2.75, 3.05) is 19.5 Å². The summed E-state index contributed by atoms with van der Waals surface area (Å²) >= 11 is 0. The summed E-state index contributed by atoms with van der Waals surface area (Å²) < 4.78 is 11.0. The van der Waals surface area contributed by atoms with Crippen molar-refractivity contribution in [1.82, 2.24) is 0 Å². The minimum Gasteiger partial charge on any atom is -0.496 e. The van der Waals surface area contributed by atoms with Crippen LogP contribution in [0.2, 0.25) is 0 Å². The first-order chi connectivity index (χ1) is 8.83. The van der Waals surface area contributed by atoms with Gasteiger partial charge in [0.15, 0.2) is 0 Å². The minimum atomic E-state index is 0.503. The fraction of sp³-hybridized carbons (Fsp3) is 0.200. The number of methoxy groups -OCH3 is 1. The number of hydrogen-bond donors (Lipinski definition) is 1. The normalized spacial score (nSPS) is 9.89. The van der Waals surface area contributed by atoms with Crippen molar-refractivity contribution in [3.63, 3.8) is 0 Å². The van der Waals surface area contributed by atoms with Crippen LogP contribution in [-0.4, -0.2) is 14.2 Å². The first-order valence-electron chi connectivity index (χ1n) is 5.86. The van der Waals surface area contributed by atoms with E-state index in [1.165, 1.54) is 0 Å². The number of hydrogen-bond acceptors (Lipinski definition) is 3. The molecule has 3 heteroatoms. The van der Waals surface area contributed by atoms with E-state index in [0.717, 1.165) is 22.7 Å². The number of anilines is 1. The highest BCUT2D eigenvalue weighted by atomic mass is 16.5. The van der Waals surface area contributed by atoms with Crippen LogP contribution in [0, 0.1) is 0 Å². The molecule has 2 aromatic rings. The summed E-state index contributed by atoms with van der Waals surface area (Å²) in [6.07, 6.45) is 0. The molecule has 0 saturated heterocycles. The molecule has 0 atom stereocenters. The Morgan fingerprint density at radius 3 is 2.39 bits per heavy atom. The molecular weight excluding hydrogens is 226 g/mol. The van der Waals surface area contributed by atoms with Crippen LogP contribution in [0.15, 0.2) is 48.5 Å². The second-order valence-corrected chi connectivity index (χ2v) is 3.87. The molecule has 0 aliphatic carbocycles. The highest BCUT2D eigenvalue weighted by molar-refractivity contribution is 5.45. The van der Waals surface area contributed by atoms with E-state index in [-0.39, 0.29) is 0 Å². The van der Waals surface area contributed by atoms with E-state index in [2.05, 4.69) is 5.32 Å². The smallest absolute Gasteiger partial charge is 0.125 e. The zero-order valence-electron chi connectivity index (χ0n) is 10.6. The van der Waals surface area contributed by atoms with Crippen molar-refractivity contribution >= 4 is 5.69 Å². The Kier molecular flexibility index (Phi) is 4.07. The zero-order chi connectivity index (χ0) is 12.8.